The fraction of sp³-hybridized carbons (Fsp3) is 0.954. The van der Waals surface area contributed by atoms with Crippen molar-refractivity contribution in [2.75, 3.05) is 40.9 Å². The van der Waals surface area contributed by atoms with E-state index in [4.69, 9.17) is 9.05 Å². The molecule has 0 fully saturated rings. The average molecular weight is 1070 g/mol. The maximum absolute atomic E-state index is 13.0. The Labute approximate surface area is 462 Å². The van der Waals surface area contributed by atoms with Crippen molar-refractivity contribution >= 4 is 13.7 Å². The summed E-state index contributed by atoms with van der Waals surface area (Å²) in [6.45, 7) is 4.84. The van der Waals surface area contributed by atoms with E-state index < -0.39 is 20.0 Å². The summed E-state index contributed by atoms with van der Waals surface area (Å²) in [4.78, 5) is 23.2. The van der Waals surface area contributed by atoms with Gasteiger partial charge in [-0.15, -0.1) is 0 Å². The summed E-state index contributed by atoms with van der Waals surface area (Å²) >= 11 is 0. The van der Waals surface area contributed by atoms with Gasteiger partial charge < -0.3 is 19.8 Å². The number of hydrogen-bond acceptors (Lipinski definition) is 5. The molecule has 3 N–H and O–H groups in total. The van der Waals surface area contributed by atoms with Gasteiger partial charge in [0.1, 0.15) is 13.2 Å². The van der Waals surface area contributed by atoms with Crippen LogP contribution in [-0.4, -0.2) is 73.4 Å². The van der Waals surface area contributed by atoms with E-state index in [0.29, 0.717) is 17.4 Å². The maximum Gasteiger partial charge on any atom is 0.472 e. The minimum absolute atomic E-state index is 0.0648. The summed E-state index contributed by atoms with van der Waals surface area (Å²) in [6.07, 6.45) is 72.4. The molecule has 1 amide bonds. The number of likely N-dealkylation sites (N-methyl/N-ethyl adjacent to an activating group) is 1. The van der Waals surface area contributed by atoms with Crippen molar-refractivity contribution in [3.8, 4) is 0 Å². The SMILES string of the molecule is CCCCCCCCCCC/C=C/C(O)C(COP(=O)(O)OCC[N+](C)(C)C)NC(=O)CCCCCCCCCCCCCCCCCCCCCCCCCCCCCCCCCCCCCCCCCCC. The Bertz CT molecular complexity index is 1210. The minimum atomic E-state index is -4.34. The van der Waals surface area contributed by atoms with Crippen molar-refractivity contribution in [3.05, 3.63) is 12.2 Å². The van der Waals surface area contributed by atoms with Gasteiger partial charge in [-0.25, -0.2) is 4.57 Å². The van der Waals surface area contributed by atoms with E-state index in [0.717, 1.165) is 38.5 Å². The molecule has 0 spiro atoms. The number of phosphoric acid groups is 1. The van der Waals surface area contributed by atoms with Gasteiger partial charge in [0.05, 0.1) is 39.9 Å². The van der Waals surface area contributed by atoms with E-state index in [1.54, 1.807) is 6.08 Å². The molecule has 0 aliphatic carbocycles. The van der Waals surface area contributed by atoms with Crippen molar-refractivity contribution in [2.45, 2.75) is 360 Å². The highest BCUT2D eigenvalue weighted by Gasteiger charge is 2.28. The average Bonchev–Trinajstić information content (AvgIpc) is 3.36. The summed E-state index contributed by atoms with van der Waals surface area (Å²) in [5.74, 6) is -0.171. The van der Waals surface area contributed by atoms with Gasteiger partial charge in [-0.2, -0.15) is 0 Å². The van der Waals surface area contributed by atoms with Crippen LogP contribution in [0.2, 0.25) is 0 Å². The summed E-state index contributed by atoms with van der Waals surface area (Å²) in [5, 5.41) is 13.9. The molecule has 0 aliphatic rings. The van der Waals surface area contributed by atoms with Crippen LogP contribution in [0.5, 0.6) is 0 Å². The topological polar surface area (TPSA) is 105 Å². The Morgan fingerprint density at radius 1 is 0.446 bits per heavy atom. The van der Waals surface area contributed by atoms with E-state index in [1.807, 2.05) is 27.2 Å². The molecule has 0 rings (SSSR count). The number of unbranched alkanes of at least 4 members (excludes halogenated alkanes) is 49. The first-order chi connectivity index (χ1) is 36.0. The Hall–Kier alpha value is -0.760. The first-order valence-electron chi connectivity index (χ1n) is 33.1. The summed E-state index contributed by atoms with van der Waals surface area (Å²) in [6, 6.07) is -0.841. The number of aliphatic hydroxyl groups excluding tert-OH is 1. The van der Waals surface area contributed by atoms with Crippen molar-refractivity contribution in [1.29, 1.82) is 0 Å². The van der Waals surface area contributed by atoms with Crippen LogP contribution in [0.3, 0.4) is 0 Å². The standard InChI is InChI=1S/C65H131N2O6P/c1-6-8-10-12-14-16-18-19-20-21-22-23-24-25-26-27-28-29-30-31-32-33-34-35-36-37-38-39-40-41-42-43-44-45-46-47-49-51-53-55-57-59-65(69)66-63(62-73-74(70,71)72-61-60-67(3,4)5)64(68)58-56-54-52-50-48-17-15-13-11-9-7-2/h56,58,63-64,68H,6-55,57,59-62H2,1-5H3,(H-,66,69,70,71)/p+1/b58-56+. The molecule has 0 radical (unpaired) electrons. The second-order valence-corrected chi connectivity index (χ2v) is 25.7. The molecule has 0 aliphatic heterocycles. The van der Waals surface area contributed by atoms with Gasteiger partial charge in [0, 0.05) is 6.42 Å². The van der Waals surface area contributed by atoms with Crippen LogP contribution in [0.4, 0.5) is 0 Å². The molecule has 3 atom stereocenters. The molecular formula is C65H132N2O6P+. The summed E-state index contributed by atoms with van der Waals surface area (Å²) in [7, 11) is 1.59. The van der Waals surface area contributed by atoms with Crippen molar-refractivity contribution in [1.82, 2.24) is 5.32 Å². The number of hydrogen-bond donors (Lipinski definition) is 3. The first kappa shape index (κ1) is 73.2. The Balaban J connectivity index is 3.75. The van der Waals surface area contributed by atoms with Gasteiger partial charge in [0.25, 0.3) is 0 Å². The zero-order chi connectivity index (χ0) is 54.2. The smallest absolute Gasteiger partial charge is 0.387 e. The number of carbonyl (C=O) groups is 1. The molecule has 0 aromatic carbocycles. The lowest BCUT2D eigenvalue weighted by Crippen LogP contribution is -2.45. The molecule has 0 aromatic heterocycles. The summed E-state index contributed by atoms with van der Waals surface area (Å²) < 4.78 is 23.7. The number of quaternary nitrogens is 1. The molecule has 3 unspecified atom stereocenters. The quantitative estimate of drug-likeness (QED) is 0.0243. The number of phosphoric ester groups is 1. The minimum Gasteiger partial charge on any atom is -0.387 e. The monoisotopic (exact) mass is 1070 g/mol. The second-order valence-electron chi connectivity index (χ2n) is 24.2. The van der Waals surface area contributed by atoms with Gasteiger partial charge in [0.2, 0.25) is 5.91 Å². The first-order valence-corrected chi connectivity index (χ1v) is 34.6. The number of nitrogens with zero attached hydrogens (tertiary/aromatic N) is 1. The van der Waals surface area contributed by atoms with E-state index in [-0.39, 0.29) is 19.1 Å². The Morgan fingerprint density at radius 2 is 0.716 bits per heavy atom. The lowest BCUT2D eigenvalue weighted by Gasteiger charge is -2.25. The number of allylic oxidation sites excluding steroid dienone is 1. The maximum atomic E-state index is 13.0. The molecule has 0 heterocycles. The highest BCUT2D eigenvalue weighted by molar-refractivity contribution is 7.47. The second kappa shape index (κ2) is 56.9. The lowest BCUT2D eigenvalue weighted by molar-refractivity contribution is -0.870. The molecule has 9 heteroatoms. The predicted molar refractivity (Wildman–Crippen MR) is 323 cm³/mol. The Morgan fingerprint density at radius 3 is 1.00 bits per heavy atom. The van der Waals surface area contributed by atoms with Gasteiger partial charge in [0.15, 0.2) is 0 Å². The number of rotatable bonds is 62. The van der Waals surface area contributed by atoms with Crippen molar-refractivity contribution < 1.29 is 32.9 Å². The zero-order valence-electron chi connectivity index (χ0n) is 50.6. The number of carbonyl (C=O) groups excluding carboxylic acids is 1. The fourth-order valence-electron chi connectivity index (χ4n) is 10.3. The Kier molecular flexibility index (Phi) is 56.4. The molecule has 442 valence electrons. The van der Waals surface area contributed by atoms with Crippen molar-refractivity contribution in [2.24, 2.45) is 0 Å². The molecule has 74 heavy (non-hydrogen) atoms. The molecular weight excluding hydrogens is 936 g/mol. The third kappa shape index (κ3) is 58.9. The predicted octanol–water partition coefficient (Wildman–Crippen LogP) is 20.6. The van der Waals surface area contributed by atoms with Crippen LogP contribution in [-0.2, 0) is 18.4 Å². The van der Waals surface area contributed by atoms with Crippen LogP contribution >= 0.6 is 7.82 Å². The van der Waals surface area contributed by atoms with E-state index in [9.17, 15) is 19.4 Å². The van der Waals surface area contributed by atoms with E-state index in [1.165, 1.54) is 289 Å². The third-order valence-corrected chi connectivity index (χ3v) is 16.5. The molecule has 8 nitrogen and oxygen atoms in total. The van der Waals surface area contributed by atoms with E-state index in [2.05, 4.69) is 19.2 Å². The van der Waals surface area contributed by atoms with Gasteiger partial charge in [-0.3, -0.25) is 13.8 Å². The zero-order valence-corrected chi connectivity index (χ0v) is 51.5. The van der Waals surface area contributed by atoms with Crippen LogP contribution < -0.4 is 5.32 Å². The highest BCUT2D eigenvalue weighted by atomic mass is 31.2. The van der Waals surface area contributed by atoms with Crippen LogP contribution in [0, 0.1) is 0 Å². The van der Waals surface area contributed by atoms with Gasteiger partial charge in [-0.1, -0.05) is 334 Å². The van der Waals surface area contributed by atoms with Crippen molar-refractivity contribution in [3.63, 3.8) is 0 Å². The highest BCUT2D eigenvalue weighted by Crippen LogP contribution is 2.43. The third-order valence-electron chi connectivity index (χ3n) is 15.5. The largest absolute Gasteiger partial charge is 0.472 e. The van der Waals surface area contributed by atoms with Crippen LogP contribution in [0.25, 0.3) is 0 Å². The molecule has 0 aromatic rings. The number of nitrogens with one attached hydrogen (secondary N) is 1. The van der Waals surface area contributed by atoms with Gasteiger partial charge in [-0.05, 0) is 19.3 Å². The van der Waals surface area contributed by atoms with E-state index >= 15 is 0 Å². The fourth-order valence-corrected chi connectivity index (χ4v) is 11.1. The normalized spacial score (nSPS) is 13.8. The number of amides is 1. The van der Waals surface area contributed by atoms with Crippen LogP contribution in [0.15, 0.2) is 12.2 Å². The van der Waals surface area contributed by atoms with Gasteiger partial charge >= 0.3 is 7.82 Å². The molecule has 0 saturated carbocycles. The van der Waals surface area contributed by atoms with Crippen LogP contribution in [0.1, 0.15) is 348 Å². The number of aliphatic hydroxyl groups is 1. The molecule has 0 bridgehead atoms. The lowest BCUT2D eigenvalue weighted by atomic mass is 10.0. The molecule has 0 saturated heterocycles. The summed E-state index contributed by atoms with van der Waals surface area (Å²) in [5.41, 5.74) is 0.